The molecule has 1 N–H and O–H groups in total. The van der Waals surface area contributed by atoms with Gasteiger partial charge >= 0.3 is 0 Å². The van der Waals surface area contributed by atoms with Crippen LogP contribution < -0.4 is 5.32 Å². The zero-order chi connectivity index (χ0) is 10.6. The molecule has 0 amide bonds. The second-order valence-electron chi connectivity index (χ2n) is 4.61. The van der Waals surface area contributed by atoms with Crippen molar-refractivity contribution in [2.75, 3.05) is 7.05 Å². The Bertz CT molecular complexity index is 264. The Morgan fingerprint density at radius 1 is 1.43 bits per heavy atom. The molecular weight excluding hydrogens is 174 g/mol. The summed E-state index contributed by atoms with van der Waals surface area (Å²) >= 11 is 0. The molecule has 1 aromatic heterocycles. The standard InChI is InChI=1S/C11H19N3/c1-11(2,3)10(12-4)7-9-5-6-13-8-14-9/h5-6,8,10,12H,7H2,1-4H3. The van der Waals surface area contributed by atoms with Crippen LogP contribution in [0.5, 0.6) is 0 Å². The molecule has 3 nitrogen and oxygen atoms in total. The molecule has 0 saturated carbocycles. The number of likely N-dealkylation sites (N-methyl/N-ethyl adjacent to an activating group) is 1. The Balaban J connectivity index is 2.67. The van der Waals surface area contributed by atoms with Crippen molar-refractivity contribution >= 4 is 0 Å². The van der Waals surface area contributed by atoms with Crippen molar-refractivity contribution in [1.82, 2.24) is 15.3 Å². The van der Waals surface area contributed by atoms with Crippen molar-refractivity contribution < 1.29 is 0 Å². The zero-order valence-corrected chi connectivity index (χ0v) is 9.41. The number of nitrogens with one attached hydrogen (secondary N) is 1. The molecule has 1 heterocycles. The molecule has 0 fully saturated rings. The van der Waals surface area contributed by atoms with E-state index in [1.165, 1.54) is 0 Å². The van der Waals surface area contributed by atoms with Gasteiger partial charge in [-0.2, -0.15) is 0 Å². The normalized spacial score (nSPS) is 14.0. The van der Waals surface area contributed by atoms with E-state index in [1.54, 1.807) is 12.5 Å². The van der Waals surface area contributed by atoms with Crippen LogP contribution in [0, 0.1) is 5.41 Å². The number of hydrogen-bond donors (Lipinski definition) is 1. The van der Waals surface area contributed by atoms with E-state index in [1.807, 2.05) is 13.1 Å². The fraction of sp³-hybridized carbons (Fsp3) is 0.636. The summed E-state index contributed by atoms with van der Waals surface area (Å²) < 4.78 is 0. The SMILES string of the molecule is CNC(Cc1ccncn1)C(C)(C)C. The largest absolute Gasteiger partial charge is 0.316 e. The summed E-state index contributed by atoms with van der Waals surface area (Å²) in [5.41, 5.74) is 1.34. The first kappa shape index (κ1) is 11.1. The van der Waals surface area contributed by atoms with Gasteiger partial charge in [0.2, 0.25) is 0 Å². The maximum absolute atomic E-state index is 4.23. The maximum atomic E-state index is 4.23. The molecular formula is C11H19N3. The van der Waals surface area contributed by atoms with E-state index >= 15 is 0 Å². The minimum absolute atomic E-state index is 0.250. The third-order valence-electron chi connectivity index (χ3n) is 2.45. The van der Waals surface area contributed by atoms with E-state index in [9.17, 15) is 0 Å². The summed E-state index contributed by atoms with van der Waals surface area (Å²) in [6.07, 6.45) is 4.34. The van der Waals surface area contributed by atoms with Crippen LogP contribution in [0.2, 0.25) is 0 Å². The summed E-state index contributed by atoms with van der Waals surface area (Å²) in [7, 11) is 2.00. The molecule has 0 aromatic carbocycles. The lowest BCUT2D eigenvalue weighted by Gasteiger charge is -2.30. The number of rotatable bonds is 3. The van der Waals surface area contributed by atoms with Gasteiger partial charge in [0.15, 0.2) is 0 Å². The average Bonchev–Trinajstić information content (AvgIpc) is 2.14. The topological polar surface area (TPSA) is 37.8 Å². The van der Waals surface area contributed by atoms with Crippen LogP contribution in [-0.2, 0) is 6.42 Å². The van der Waals surface area contributed by atoms with Crippen LogP contribution in [0.25, 0.3) is 0 Å². The Morgan fingerprint density at radius 2 is 2.14 bits per heavy atom. The van der Waals surface area contributed by atoms with Gasteiger partial charge in [0.1, 0.15) is 6.33 Å². The molecule has 3 heteroatoms. The predicted molar refractivity (Wildman–Crippen MR) is 58.0 cm³/mol. The van der Waals surface area contributed by atoms with Crippen LogP contribution in [0.4, 0.5) is 0 Å². The van der Waals surface area contributed by atoms with Gasteiger partial charge in [-0.25, -0.2) is 9.97 Å². The van der Waals surface area contributed by atoms with Crippen LogP contribution in [0.15, 0.2) is 18.6 Å². The number of nitrogens with zero attached hydrogens (tertiary/aromatic N) is 2. The summed E-state index contributed by atoms with van der Waals surface area (Å²) in [5, 5.41) is 3.33. The molecule has 78 valence electrons. The molecule has 0 aliphatic rings. The zero-order valence-electron chi connectivity index (χ0n) is 9.41. The predicted octanol–water partition coefficient (Wildman–Crippen LogP) is 1.65. The van der Waals surface area contributed by atoms with E-state index in [-0.39, 0.29) is 5.41 Å². The summed E-state index contributed by atoms with van der Waals surface area (Å²) in [6.45, 7) is 6.69. The average molecular weight is 193 g/mol. The molecule has 14 heavy (non-hydrogen) atoms. The summed E-state index contributed by atoms with van der Waals surface area (Å²) in [6, 6.07) is 2.41. The Labute approximate surface area is 86.0 Å². The maximum Gasteiger partial charge on any atom is 0.115 e. The van der Waals surface area contributed by atoms with E-state index in [2.05, 4.69) is 36.1 Å². The molecule has 0 radical (unpaired) electrons. The fourth-order valence-electron chi connectivity index (χ4n) is 1.49. The van der Waals surface area contributed by atoms with Gasteiger partial charge in [0, 0.05) is 24.4 Å². The highest BCUT2D eigenvalue weighted by Crippen LogP contribution is 2.21. The van der Waals surface area contributed by atoms with Gasteiger partial charge in [-0.15, -0.1) is 0 Å². The lowest BCUT2D eigenvalue weighted by atomic mass is 9.84. The quantitative estimate of drug-likeness (QED) is 0.793. The molecule has 0 aliphatic carbocycles. The molecule has 1 aromatic rings. The third-order valence-corrected chi connectivity index (χ3v) is 2.45. The van der Waals surface area contributed by atoms with Crippen molar-refractivity contribution in [2.24, 2.45) is 5.41 Å². The third kappa shape index (κ3) is 3.07. The Hall–Kier alpha value is -0.960. The second-order valence-corrected chi connectivity index (χ2v) is 4.61. The molecule has 0 saturated heterocycles. The van der Waals surface area contributed by atoms with Crippen LogP contribution in [-0.4, -0.2) is 23.1 Å². The second kappa shape index (κ2) is 4.51. The molecule has 0 aliphatic heterocycles. The highest BCUT2D eigenvalue weighted by Gasteiger charge is 2.23. The first-order chi connectivity index (χ1) is 6.54. The minimum Gasteiger partial charge on any atom is -0.316 e. The van der Waals surface area contributed by atoms with Crippen molar-refractivity contribution in [3.63, 3.8) is 0 Å². The molecule has 1 rings (SSSR count). The first-order valence-corrected chi connectivity index (χ1v) is 4.96. The number of hydrogen-bond acceptors (Lipinski definition) is 3. The van der Waals surface area contributed by atoms with Crippen molar-refractivity contribution in [3.8, 4) is 0 Å². The number of aromatic nitrogens is 2. The highest BCUT2D eigenvalue weighted by atomic mass is 14.9. The van der Waals surface area contributed by atoms with Crippen LogP contribution in [0.1, 0.15) is 26.5 Å². The van der Waals surface area contributed by atoms with Crippen molar-refractivity contribution in [3.05, 3.63) is 24.3 Å². The van der Waals surface area contributed by atoms with Gasteiger partial charge in [-0.1, -0.05) is 20.8 Å². The molecule has 1 atom stereocenters. The van der Waals surface area contributed by atoms with Gasteiger partial charge in [-0.05, 0) is 18.5 Å². The summed E-state index contributed by atoms with van der Waals surface area (Å²) in [5.74, 6) is 0. The smallest absolute Gasteiger partial charge is 0.115 e. The molecule has 0 bridgehead atoms. The van der Waals surface area contributed by atoms with Gasteiger partial charge in [-0.3, -0.25) is 0 Å². The lowest BCUT2D eigenvalue weighted by molar-refractivity contribution is 0.278. The minimum atomic E-state index is 0.250. The van der Waals surface area contributed by atoms with E-state index in [0.29, 0.717) is 6.04 Å². The van der Waals surface area contributed by atoms with Gasteiger partial charge < -0.3 is 5.32 Å². The molecule has 1 unspecified atom stereocenters. The van der Waals surface area contributed by atoms with Gasteiger partial charge in [0.05, 0.1) is 0 Å². The lowest BCUT2D eigenvalue weighted by Crippen LogP contribution is -2.39. The van der Waals surface area contributed by atoms with E-state index < -0.39 is 0 Å². The van der Waals surface area contributed by atoms with Crippen LogP contribution in [0.3, 0.4) is 0 Å². The van der Waals surface area contributed by atoms with Crippen molar-refractivity contribution in [2.45, 2.75) is 33.2 Å². The highest BCUT2D eigenvalue weighted by molar-refractivity contribution is 5.02. The van der Waals surface area contributed by atoms with Crippen LogP contribution >= 0.6 is 0 Å². The van der Waals surface area contributed by atoms with E-state index in [0.717, 1.165) is 12.1 Å². The van der Waals surface area contributed by atoms with E-state index in [4.69, 9.17) is 0 Å². The first-order valence-electron chi connectivity index (χ1n) is 4.96. The fourth-order valence-corrected chi connectivity index (χ4v) is 1.49. The van der Waals surface area contributed by atoms with Gasteiger partial charge in [0.25, 0.3) is 0 Å². The Morgan fingerprint density at radius 3 is 2.57 bits per heavy atom. The molecule has 0 spiro atoms. The monoisotopic (exact) mass is 193 g/mol. The van der Waals surface area contributed by atoms with Crippen molar-refractivity contribution in [1.29, 1.82) is 0 Å². The Kier molecular flexibility index (Phi) is 3.58. The summed E-state index contributed by atoms with van der Waals surface area (Å²) in [4.78, 5) is 8.14.